The zero-order chi connectivity index (χ0) is 15.7. The smallest absolute Gasteiger partial charge is 0.224 e. The molecule has 3 N–H and O–H groups in total. The average Bonchev–Trinajstić information content (AvgIpc) is 2.46. The largest absolute Gasteiger partial charge is 0.326 e. The van der Waals surface area contributed by atoms with Gasteiger partial charge in [-0.3, -0.25) is 4.79 Å². The number of amides is 1. The third-order valence-electron chi connectivity index (χ3n) is 3.42. The second-order valence-electron chi connectivity index (χ2n) is 5.84. The molecule has 0 unspecified atom stereocenters. The molecule has 0 bridgehead atoms. The van der Waals surface area contributed by atoms with Gasteiger partial charge in [-0.1, -0.05) is 32.9 Å². The Kier molecular flexibility index (Phi) is 8.01. The third-order valence-corrected chi connectivity index (χ3v) is 3.42. The Bertz CT molecular complexity index is 415. The molecule has 0 aliphatic heterocycles. The molecule has 0 fully saturated rings. The maximum absolute atomic E-state index is 11.9. The van der Waals surface area contributed by atoms with E-state index in [2.05, 4.69) is 31.0 Å². The van der Waals surface area contributed by atoms with E-state index in [1.165, 1.54) is 0 Å². The van der Waals surface area contributed by atoms with E-state index < -0.39 is 0 Å². The van der Waals surface area contributed by atoms with Crippen LogP contribution in [0.5, 0.6) is 0 Å². The summed E-state index contributed by atoms with van der Waals surface area (Å²) in [5.74, 6) is 0.746. The van der Waals surface area contributed by atoms with E-state index in [4.69, 9.17) is 5.73 Å². The third kappa shape index (κ3) is 7.25. The highest BCUT2D eigenvalue weighted by atomic mass is 16.1. The Balaban J connectivity index is 2.29. The SMILES string of the molecule is CCN(CCCC(=O)Nc1ccc(CN)cc1)CC(C)C. The molecular formula is C17H29N3O. The van der Waals surface area contributed by atoms with Gasteiger partial charge in [-0.25, -0.2) is 0 Å². The molecule has 4 heteroatoms. The number of anilines is 1. The lowest BCUT2D eigenvalue weighted by molar-refractivity contribution is -0.116. The summed E-state index contributed by atoms with van der Waals surface area (Å²) in [6.45, 7) is 10.3. The second-order valence-corrected chi connectivity index (χ2v) is 5.84. The first-order valence-corrected chi connectivity index (χ1v) is 7.86. The first kappa shape index (κ1) is 17.7. The van der Waals surface area contributed by atoms with Crippen molar-refractivity contribution in [2.75, 3.05) is 25.0 Å². The minimum Gasteiger partial charge on any atom is -0.326 e. The molecule has 1 amide bonds. The van der Waals surface area contributed by atoms with Crippen LogP contribution in [0.15, 0.2) is 24.3 Å². The number of rotatable bonds is 9. The van der Waals surface area contributed by atoms with E-state index in [-0.39, 0.29) is 5.91 Å². The molecule has 0 radical (unpaired) electrons. The number of carbonyl (C=O) groups is 1. The first-order chi connectivity index (χ1) is 10.0. The van der Waals surface area contributed by atoms with Crippen molar-refractivity contribution in [3.05, 3.63) is 29.8 Å². The Morgan fingerprint density at radius 2 is 1.95 bits per heavy atom. The van der Waals surface area contributed by atoms with Crippen LogP contribution in [0.1, 0.15) is 39.2 Å². The van der Waals surface area contributed by atoms with Gasteiger partial charge >= 0.3 is 0 Å². The van der Waals surface area contributed by atoms with Crippen LogP contribution in [0.3, 0.4) is 0 Å². The molecule has 4 nitrogen and oxygen atoms in total. The molecule has 0 atom stereocenters. The van der Waals surface area contributed by atoms with Gasteiger partial charge in [0.25, 0.3) is 0 Å². The standard InChI is InChI=1S/C17H29N3O/c1-4-20(13-14(2)3)11-5-6-17(21)19-16-9-7-15(12-18)8-10-16/h7-10,14H,4-6,11-13,18H2,1-3H3,(H,19,21). The summed E-state index contributed by atoms with van der Waals surface area (Å²) in [4.78, 5) is 14.3. The van der Waals surface area contributed by atoms with Crippen molar-refractivity contribution in [3.63, 3.8) is 0 Å². The topological polar surface area (TPSA) is 58.4 Å². The van der Waals surface area contributed by atoms with Crippen LogP contribution >= 0.6 is 0 Å². The number of nitrogens with one attached hydrogen (secondary N) is 1. The fraction of sp³-hybridized carbons (Fsp3) is 0.588. The first-order valence-electron chi connectivity index (χ1n) is 7.86. The number of hydrogen-bond acceptors (Lipinski definition) is 3. The van der Waals surface area contributed by atoms with Crippen LogP contribution in [0.4, 0.5) is 5.69 Å². The molecule has 0 heterocycles. The zero-order valence-electron chi connectivity index (χ0n) is 13.6. The molecular weight excluding hydrogens is 262 g/mol. The van der Waals surface area contributed by atoms with Crippen molar-refractivity contribution in [2.24, 2.45) is 11.7 Å². The minimum atomic E-state index is 0.0797. The van der Waals surface area contributed by atoms with Crippen molar-refractivity contribution in [2.45, 2.75) is 40.2 Å². The highest BCUT2D eigenvalue weighted by Gasteiger charge is 2.07. The lowest BCUT2D eigenvalue weighted by Gasteiger charge is -2.22. The monoisotopic (exact) mass is 291 g/mol. The maximum Gasteiger partial charge on any atom is 0.224 e. The summed E-state index contributed by atoms with van der Waals surface area (Å²) in [5.41, 5.74) is 7.46. The van der Waals surface area contributed by atoms with Crippen molar-refractivity contribution in [3.8, 4) is 0 Å². The fourth-order valence-electron chi connectivity index (χ4n) is 2.31. The van der Waals surface area contributed by atoms with Crippen LogP contribution in [-0.4, -0.2) is 30.4 Å². The maximum atomic E-state index is 11.9. The molecule has 1 rings (SSSR count). The van der Waals surface area contributed by atoms with E-state index in [9.17, 15) is 4.79 Å². The lowest BCUT2D eigenvalue weighted by Crippen LogP contribution is -2.29. The van der Waals surface area contributed by atoms with Gasteiger partial charge in [0.15, 0.2) is 0 Å². The fourth-order valence-corrected chi connectivity index (χ4v) is 2.31. The Labute approximate surface area is 128 Å². The van der Waals surface area contributed by atoms with Gasteiger partial charge < -0.3 is 16.0 Å². The zero-order valence-corrected chi connectivity index (χ0v) is 13.6. The van der Waals surface area contributed by atoms with Crippen molar-refractivity contribution < 1.29 is 4.79 Å². The van der Waals surface area contributed by atoms with Gasteiger partial charge in [0, 0.05) is 25.2 Å². The van der Waals surface area contributed by atoms with E-state index in [0.29, 0.717) is 18.9 Å². The van der Waals surface area contributed by atoms with Crippen LogP contribution < -0.4 is 11.1 Å². The Morgan fingerprint density at radius 1 is 1.29 bits per heavy atom. The quantitative estimate of drug-likeness (QED) is 0.735. The highest BCUT2D eigenvalue weighted by Crippen LogP contribution is 2.10. The van der Waals surface area contributed by atoms with Gasteiger partial charge in [0.1, 0.15) is 0 Å². The van der Waals surface area contributed by atoms with E-state index in [1.54, 1.807) is 0 Å². The summed E-state index contributed by atoms with van der Waals surface area (Å²) >= 11 is 0. The molecule has 1 aromatic carbocycles. The molecule has 0 saturated carbocycles. The molecule has 0 aliphatic rings. The predicted molar refractivity (Wildman–Crippen MR) is 89.1 cm³/mol. The summed E-state index contributed by atoms with van der Waals surface area (Å²) < 4.78 is 0. The van der Waals surface area contributed by atoms with Gasteiger partial charge in [-0.15, -0.1) is 0 Å². The molecule has 0 aromatic heterocycles. The van der Waals surface area contributed by atoms with Gasteiger partial charge in [-0.05, 0) is 43.1 Å². The van der Waals surface area contributed by atoms with Gasteiger partial charge in [0.05, 0.1) is 0 Å². The van der Waals surface area contributed by atoms with Crippen LogP contribution in [0.25, 0.3) is 0 Å². The summed E-state index contributed by atoms with van der Waals surface area (Å²) in [7, 11) is 0. The van der Waals surface area contributed by atoms with Crippen LogP contribution in [0.2, 0.25) is 0 Å². The Hall–Kier alpha value is -1.39. The number of nitrogens with two attached hydrogens (primary N) is 1. The second kappa shape index (κ2) is 9.53. The number of nitrogens with zero attached hydrogens (tertiary/aromatic N) is 1. The molecule has 0 saturated heterocycles. The van der Waals surface area contributed by atoms with Gasteiger partial charge in [0.2, 0.25) is 5.91 Å². The van der Waals surface area contributed by atoms with Gasteiger partial charge in [-0.2, -0.15) is 0 Å². The van der Waals surface area contributed by atoms with Crippen molar-refractivity contribution in [1.82, 2.24) is 4.90 Å². The Morgan fingerprint density at radius 3 is 2.48 bits per heavy atom. The predicted octanol–water partition coefficient (Wildman–Crippen LogP) is 2.84. The van der Waals surface area contributed by atoms with Crippen molar-refractivity contribution in [1.29, 1.82) is 0 Å². The molecule has 21 heavy (non-hydrogen) atoms. The van der Waals surface area contributed by atoms with E-state index in [0.717, 1.165) is 37.3 Å². The van der Waals surface area contributed by atoms with E-state index in [1.807, 2.05) is 24.3 Å². The number of hydrogen-bond donors (Lipinski definition) is 2. The number of carbonyl (C=O) groups excluding carboxylic acids is 1. The molecule has 0 spiro atoms. The molecule has 1 aromatic rings. The molecule has 118 valence electrons. The highest BCUT2D eigenvalue weighted by molar-refractivity contribution is 5.90. The number of benzene rings is 1. The van der Waals surface area contributed by atoms with Crippen molar-refractivity contribution >= 4 is 11.6 Å². The normalized spacial score (nSPS) is 11.1. The lowest BCUT2D eigenvalue weighted by atomic mass is 10.2. The van der Waals surface area contributed by atoms with Crippen LogP contribution in [0, 0.1) is 5.92 Å². The van der Waals surface area contributed by atoms with Crippen LogP contribution in [-0.2, 0) is 11.3 Å². The summed E-state index contributed by atoms with van der Waals surface area (Å²) in [6, 6.07) is 7.68. The average molecular weight is 291 g/mol. The minimum absolute atomic E-state index is 0.0797. The molecule has 0 aliphatic carbocycles. The summed E-state index contributed by atoms with van der Waals surface area (Å²) in [5, 5.41) is 2.93. The van der Waals surface area contributed by atoms with E-state index >= 15 is 0 Å². The summed E-state index contributed by atoms with van der Waals surface area (Å²) in [6.07, 6.45) is 1.46.